The first-order chi connectivity index (χ1) is 17.1. The number of fused-ring (bicyclic) bond motifs is 2. The number of rotatable bonds is 6. The van der Waals surface area contributed by atoms with Crippen LogP contribution in [0.15, 0.2) is 77.9 Å². The van der Waals surface area contributed by atoms with Gasteiger partial charge in [-0.05, 0) is 59.9 Å². The molecule has 0 saturated carbocycles. The summed E-state index contributed by atoms with van der Waals surface area (Å²) in [6.07, 6.45) is 2.75. The molecule has 0 aliphatic carbocycles. The highest BCUT2D eigenvalue weighted by Gasteiger charge is 2.17. The van der Waals surface area contributed by atoms with Crippen LogP contribution in [0.1, 0.15) is 41.3 Å². The van der Waals surface area contributed by atoms with Crippen molar-refractivity contribution in [2.75, 3.05) is 18.7 Å². The van der Waals surface area contributed by atoms with E-state index in [1.807, 2.05) is 30.5 Å². The van der Waals surface area contributed by atoms with Gasteiger partial charge in [-0.3, -0.25) is 15.1 Å². The van der Waals surface area contributed by atoms with Crippen molar-refractivity contribution in [2.24, 2.45) is 4.99 Å². The number of amides is 1. The van der Waals surface area contributed by atoms with Crippen molar-refractivity contribution in [3.8, 4) is 11.5 Å². The van der Waals surface area contributed by atoms with Gasteiger partial charge in [-0.25, -0.2) is 0 Å². The molecule has 1 aliphatic heterocycles. The Kier molecular flexibility index (Phi) is 6.39. The second kappa shape index (κ2) is 9.93. The topological polar surface area (TPSA) is 87.7 Å². The van der Waals surface area contributed by atoms with Crippen molar-refractivity contribution in [3.05, 3.63) is 89.6 Å². The summed E-state index contributed by atoms with van der Waals surface area (Å²) in [5, 5.41) is 7.38. The average molecular weight is 469 g/mol. The van der Waals surface area contributed by atoms with Crippen molar-refractivity contribution < 1.29 is 14.3 Å². The number of H-pyrrole nitrogens is 1. The van der Waals surface area contributed by atoms with Crippen LogP contribution in [-0.2, 0) is 6.42 Å². The number of aromatic amines is 1. The largest absolute Gasteiger partial charge is 0.454 e. The van der Waals surface area contributed by atoms with Gasteiger partial charge in [0.05, 0.1) is 0 Å². The van der Waals surface area contributed by atoms with Gasteiger partial charge < -0.3 is 19.8 Å². The molecule has 1 aliphatic rings. The molecule has 0 radical (unpaired) electrons. The highest BCUT2D eigenvalue weighted by Crippen LogP contribution is 2.32. The summed E-state index contributed by atoms with van der Waals surface area (Å²) in [4.78, 5) is 21.0. The summed E-state index contributed by atoms with van der Waals surface area (Å²) in [5.41, 5.74) is 4.86. The summed E-state index contributed by atoms with van der Waals surface area (Å²) in [6.45, 7) is 4.99. The Labute approximate surface area is 204 Å². The second-order valence-electron chi connectivity index (χ2n) is 8.76. The smallest absolute Gasteiger partial charge is 0.258 e. The van der Waals surface area contributed by atoms with Gasteiger partial charge in [-0.2, -0.15) is 0 Å². The van der Waals surface area contributed by atoms with Gasteiger partial charge in [0.1, 0.15) is 0 Å². The molecule has 3 aromatic carbocycles. The molecule has 0 unspecified atom stereocenters. The van der Waals surface area contributed by atoms with Gasteiger partial charge in [-0.15, -0.1) is 0 Å². The number of benzene rings is 3. The van der Waals surface area contributed by atoms with Crippen molar-refractivity contribution in [1.29, 1.82) is 0 Å². The zero-order valence-corrected chi connectivity index (χ0v) is 19.8. The fourth-order valence-corrected chi connectivity index (χ4v) is 4.04. The van der Waals surface area contributed by atoms with Crippen molar-refractivity contribution in [1.82, 2.24) is 10.3 Å². The Morgan fingerprint density at radius 1 is 1.03 bits per heavy atom. The van der Waals surface area contributed by atoms with Crippen molar-refractivity contribution >= 4 is 28.5 Å². The van der Waals surface area contributed by atoms with Gasteiger partial charge in [-0.1, -0.05) is 44.2 Å². The fraction of sp³-hybridized carbons (Fsp3) is 0.214. The molecule has 2 heterocycles. The molecule has 0 saturated heterocycles. The van der Waals surface area contributed by atoms with Gasteiger partial charge in [0.15, 0.2) is 11.5 Å². The van der Waals surface area contributed by atoms with Crippen LogP contribution in [-0.4, -0.2) is 30.2 Å². The number of para-hydroxylation sites is 1. The molecule has 178 valence electrons. The lowest BCUT2D eigenvalue weighted by Crippen LogP contribution is -2.36. The van der Waals surface area contributed by atoms with Crippen molar-refractivity contribution in [3.63, 3.8) is 0 Å². The van der Waals surface area contributed by atoms with Crippen LogP contribution in [0.3, 0.4) is 0 Å². The van der Waals surface area contributed by atoms with E-state index in [2.05, 4.69) is 53.7 Å². The van der Waals surface area contributed by atoms with Crippen LogP contribution in [0.5, 0.6) is 11.5 Å². The van der Waals surface area contributed by atoms with E-state index in [9.17, 15) is 4.79 Å². The van der Waals surface area contributed by atoms with E-state index in [4.69, 9.17) is 14.5 Å². The van der Waals surface area contributed by atoms with Crippen LogP contribution in [0.2, 0.25) is 0 Å². The fourth-order valence-electron chi connectivity index (χ4n) is 4.04. The van der Waals surface area contributed by atoms with Gasteiger partial charge in [0.25, 0.3) is 5.91 Å². The molecule has 5 rings (SSSR count). The lowest BCUT2D eigenvalue weighted by Gasteiger charge is -2.13. The minimum atomic E-state index is -0.277. The van der Waals surface area contributed by atoms with Crippen LogP contribution >= 0.6 is 0 Å². The number of aromatic nitrogens is 1. The molecular weight excluding hydrogens is 440 g/mol. The molecule has 35 heavy (non-hydrogen) atoms. The predicted molar refractivity (Wildman–Crippen MR) is 138 cm³/mol. The molecule has 1 aromatic heterocycles. The normalized spacial score (nSPS) is 12.8. The van der Waals surface area contributed by atoms with Crippen LogP contribution in [0.25, 0.3) is 10.9 Å². The lowest BCUT2D eigenvalue weighted by molar-refractivity contribution is 0.0976. The van der Waals surface area contributed by atoms with Crippen LogP contribution in [0, 0.1) is 0 Å². The number of ether oxygens (including phenoxy) is 2. The third kappa shape index (κ3) is 5.14. The third-order valence-corrected chi connectivity index (χ3v) is 6.03. The number of guanidine groups is 1. The molecule has 4 aromatic rings. The van der Waals surface area contributed by atoms with Crippen LogP contribution < -0.4 is 20.1 Å². The minimum Gasteiger partial charge on any atom is -0.454 e. The summed E-state index contributed by atoms with van der Waals surface area (Å²) in [6, 6.07) is 21.5. The number of hydrogen-bond acceptors (Lipinski definition) is 4. The first-order valence-corrected chi connectivity index (χ1v) is 11.7. The molecule has 0 atom stereocenters. The number of nitrogens with zero attached hydrogens (tertiary/aromatic N) is 1. The second-order valence-corrected chi connectivity index (χ2v) is 8.76. The van der Waals surface area contributed by atoms with E-state index < -0.39 is 0 Å². The highest BCUT2D eigenvalue weighted by molar-refractivity contribution is 6.10. The third-order valence-electron chi connectivity index (χ3n) is 6.03. The first-order valence-electron chi connectivity index (χ1n) is 11.7. The van der Waals surface area contributed by atoms with E-state index in [0.29, 0.717) is 35.5 Å². The summed E-state index contributed by atoms with van der Waals surface area (Å²) in [5.74, 6) is 1.76. The molecule has 0 fully saturated rings. The van der Waals surface area contributed by atoms with Gasteiger partial charge in [0, 0.05) is 34.9 Å². The minimum absolute atomic E-state index is 0.162. The van der Waals surface area contributed by atoms with Crippen molar-refractivity contribution in [2.45, 2.75) is 26.2 Å². The number of aliphatic imine (C=N–C) groups is 1. The Hall–Kier alpha value is -4.26. The maximum absolute atomic E-state index is 13.0. The first kappa shape index (κ1) is 22.5. The lowest BCUT2D eigenvalue weighted by atomic mass is 10.0. The Morgan fingerprint density at radius 2 is 1.83 bits per heavy atom. The Morgan fingerprint density at radius 3 is 2.66 bits per heavy atom. The molecule has 0 bridgehead atoms. The van der Waals surface area contributed by atoms with E-state index in [1.165, 1.54) is 16.5 Å². The summed E-state index contributed by atoms with van der Waals surface area (Å²) < 4.78 is 10.8. The number of anilines is 1. The molecule has 3 N–H and O–H groups in total. The molecule has 7 heteroatoms. The number of carbonyl (C=O) groups excluding carboxylic acids is 1. The van der Waals surface area contributed by atoms with Gasteiger partial charge in [0.2, 0.25) is 12.8 Å². The molecular formula is C28H28N4O3. The van der Waals surface area contributed by atoms with E-state index in [-0.39, 0.29) is 12.7 Å². The monoisotopic (exact) mass is 468 g/mol. The van der Waals surface area contributed by atoms with E-state index >= 15 is 0 Å². The number of nitrogens with one attached hydrogen (secondary N) is 3. The van der Waals surface area contributed by atoms with E-state index in [0.717, 1.165) is 17.6 Å². The maximum Gasteiger partial charge on any atom is 0.258 e. The summed E-state index contributed by atoms with van der Waals surface area (Å²) in [7, 11) is 0. The number of carbonyl (C=O) groups is 1. The Balaban J connectivity index is 1.34. The average Bonchev–Trinajstić information content (AvgIpc) is 3.51. The highest BCUT2D eigenvalue weighted by atomic mass is 16.7. The molecule has 1 amide bonds. The maximum atomic E-state index is 13.0. The molecule has 0 spiro atoms. The van der Waals surface area contributed by atoms with Crippen LogP contribution in [0.4, 0.5) is 5.69 Å². The standard InChI is InChI=1S/C28H28N4O3/c1-18(2)19-7-10-22(11-8-19)31-28(29-14-13-21-16-30-24-6-4-3-5-23(21)24)32-27(33)20-9-12-25-26(15-20)35-17-34-25/h3-12,15-16,18,30H,13-14,17H2,1-2H3,(H2,29,31,32,33). The SMILES string of the molecule is CC(C)c1ccc(NC(=NCCc2c[nH]c3ccccc23)NC(=O)c2ccc3c(c2)OCO3)cc1. The number of hydrogen-bond donors (Lipinski definition) is 3. The zero-order valence-electron chi connectivity index (χ0n) is 19.8. The Bertz CT molecular complexity index is 1370. The van der Waals surface area contributed by atoms with E-state index in [1.54, 1.807) is 18.2 Å². The summed E-state index contributed by atoms with van der Waals surface area (Å²) >= 11 is 0. The quantitative estimate of drug-likeness (QED) is 0.259. The van der Waals surface area contributed by atoms with Gasteiger partial charge >= 0.3 is 0 Å². The zero-order chi connectivity index (χ0) is 24.2. The molecule has 7 nitrogen and oxygen atoms in total. The predicted octanol–water partition coefficient (Wildman–Crippen LogP) is 5.46.